The lowest BCUT2D eigenvalue weighted by Crippen LogP contribution is -2.65. The molecule has 32 heavy (non-hydrogen) atoms. The third-order valence-electron chi connectivity index (χ3n) is 6.59. The molecule has 0 aliphatic heterocycles. The van der Waals surface area contributed by atoms with E-state index in [-0.39, 0.29) is 29.7 Å². The Hall–Kier alpha value is -1.96. The first kappa shape index (κ1) is 23.2. The van der Waals surface area contributed by atoms with Crippen LogP contribution in [-0.4, -0.2) is 73.7 Å². The van der Waals surface area contributed by atoms with E-state index >= 15 is 0 Å². The van der Waals surface area contributed by atoms with Crippen molar-refractivity contribution in [3.8, 4) is 5.75 Å². The van der Waals surface area contributed by atoms with Crippen molar-refractivity contribution < 1.29 is 39.9 Å². The molecule has 5 N–H and O–H groups in total. The van der Waals surface area contributed by atoms with Crippen LogP contribution in [0.15, 0.2) is 27.4 Å². The molecular weight excluding hydrogens is 601 g/mol. The molecule has 1 fully saturated rings. The van der Waals surface area contributed by atoms with Crippen LogP contribution in [0.2, 0.25) is 0 Å². The number of carboxylic acids is 1. The first-order valence-electron chi connectivity index (χ1n) is 9.62. The molecule has 0 radical (unpaired) electrons. The normalized spacial score (nSPS) is 29.8. The van der Waals surface area contributed by atoms with Crippen LogP contribution >= 0.6 is 38.5 Å². The van der Waals surface area contributed by atoms with Crippen LogP contribution < -0.4 is 0 Å². The number of carboxylic acid groups (broad SMARTS) is 1. The molecule has 1 saturated carbocycles. The van der Waals surface area contributed by atoms with Crippen LogP contribution in [0.1, 0.15) is 17.5 Å². The van der Waals surface area contributed by atoms with E-state index in [0.29, 0.717) is 13.6 Å². The Labute approximate surface area is 204 Å². The van der Waals surface area contributed by atoms with Crippen molar-refractivity contribution in [2.75, 3.05) is 14.1 Å². The van der Waals surface area contributed by atoms with E-state index in [0.717, 1.165) is 0 Å². The number of fused-ring (bicyclic) bond motifs is 3. The van der Waals surface area contributed by atoms with Crippen molar-refractivity contribution in [3.05, 3.63) is 42.1 Å². The van der Waals surface area contributed by atoms with Gasteiger partial charge in [0.15, 0.2) is 17.1 Å². The molecule has 0 aromatic heterocycles. The molecule has 4 rings (SSSR count). The van der Waals surface area contributed by atoms with Crippen LogP contribution in [0.4, 0.5) is 0 Å². The molecule has 11 heteroatoms. The summed E-state index contributed by atoms with van der Waals surface area (Å²) < 4.78 is 1.04. The topological polar surface area (TPSA) is 156 Å². The SMILES string of the molecule is CN(C)[C@@H]1C(=O)C(C(=O)O)=C(O)[C@@]2(O)C(=O)C3=C(O)c4c(O)c(I)cc(Br)c4C[C@H]3C[C@@H]12. The van der Waals surface area contributed by atoms with Gasteiger partial charge < -0.3 is 25.5 Å². The Morgan fingerprint density at radius 2 is 1.88 bits per heavy atom. The number of likely N-dealkylation sites (N-methyl/N-ethyl adjacent to an activating group) is 1. The van der Waals surface area contributed by atoms with E-state index in [9.17, 15) is 39.9 Å². The summed E-state index contributed by atoms with van der Waals surface area (Å²) in [5.41, 5.74) is -3.34. The number of ketones is 2. The molecule has 3 aliphatic carbocycles. The van der Waals surface area contributed by atoms with Gasteiger partial charge in [-0.15, -0.1) is 0 Å². The van der Waals surface area contributed by atoms with E-state index in [4.69, 9.17) is 0 Å². The van der Waals surface area contributed by atoms with Crippen LogP contribution in [0.3, 0.4) is 0 Å². The predicted octanol–water partition coefficient (Wildman–Crippen LogP) is 1.93. The number of aliphatic hydroxyl groups is 3. The molecule has 0 spiro atoms. The number of Topliss-reactive ketones (excluding diaryl/α,β-unsaturated/α-hetero) is 2. The van der Waals surface area contributed by atoms with Gasteiger partial charge in [0, 0.05) is 16.0 Å². The fourth-order valence-corrected chi connectivity index (χ4v) is 6.80. The first-order chi connectivity index (χ1) is 14.8. The summed E-state index contributed by atoms with van der Waals surface area (Å²) >= 11 is 5.30. The molecule has 170 valence electrons. The number of rotatable bonds is 2. The van der Waals surface area contributed by atoms with Crippen molar-refractivity contribution in [2.45, 2.75) is 24.5 Å². The van der Waals surface area contributed by atoms with E-state index in [1.807, 2.05) is 22.6 Å². The molecule has 0 bridgehead atoms. The molecule has 0 unspecified atom stereocenters. The Kier molecular flexibility index (Phi) is 5.47. The summed E-state index contributed by atoms with van der Waals surface area (Å²) in [7, 11) is 3.04. The predicted molar refractivity (Wildman–Crippen MR) is 123 cm³/mol. The summed E-state index contributed by atoms with van der Waals surface area (Å²) in [6, 6.07) is 0.499. The lowest BCUT2D eigenvalue weighted by atomic mass is 9.57. The van der Waals surface area contributed by atoms with Crippen molar-refractivity contribution >= 4 is 61.8 Å². The maximum atomic E-state index is 13.6. The van der Waals surface area contributed by atoms with Gasteiger partial charge in [-0.3, -0.25) is 14.5 Å². The third-order valence-corrected chi connectivity index (χ3v) is 8.12. The summed E-state index contributed by atoms with van der Waals surface area (Å²) in [6.45, 7) is 0. The van der Waals surface area contributed by atoms with E-state index < -0.39 is 58.1 Å². The molecule has 3 aliphatic rings. The lowest BCUT2D eigenvalue weighted by Gasteiger charge is -2.50. The third kappa shape index (κ3) is 2.90. The van der Waals surface area contributed by atoms with Crippen molar-refractivity contribution in [3.63, 3.8) is 0 Å². The minimum atomic E-state index is -2.71. The zero-order valence-corrected chi connectivity index (χ0v) is 20.6. The van der Waals surface area contributed by atoms with E-state index in [2.05, 4.69) is 15.9 Å². The quantitative estimate of drug-likeness (QED) is 0.247. The second-order valence-corrected chi connectivity index (χ2v) is 10.5. The van der Waals surface area contributed by atoms with Crippen LogP contribution in [0.25, 0.3) is 5.76 Å². The van der Waals surface area contributed by atoms with Gasteiger partial charge in [-0.25, -0.2) is 4.79 Å². The largest absolute Gasteiger partial charge is 0.508 e. The fraction of sp³-hybridized carbons (Fsp3) is 0.381. The highest BCUT2D eigenvalue weighted by atomic mass is 127. The van der Waals surface area contributed by atoms with E-state index in [1.54, 1.807) is 6.07 Å². The highest BCUT2D eigenvalue weighted by Crippen LogP contribution is 2.53. The second kappa shape index (κ2) is 7.54. The van der Waals surface area contributed by atoms with Crippen LogP contribution in [0, 0.1) is 15.4 Å². The number of benzene rings is 1. The number of phenols is 1. The number of carbonyl (C=O) groups excluding carboxylic acids is 2. The Morgan fingerprint density at radius 1 is 1.25 bits per heavy atom. The number of hydrogen-bond donors (Lipinski definition) is 5. The van der Waals surface area contributed by atoms with Crippen molar-refractivity contribution in [2.24, 2.45) is 11.8 Å². The van der Waals surface area contributed by atoms with Gasteiger partial charge >= 0.3 is 5.97 Å². The highest BCUT2D eigenvalue weighted by molar-refractivity contribution is 14.1. The lowest BCUT2D eigenvalue weighted by molar-refractivity contribution is -0.155. The van der Waals surface area contributed by atoms with Gasteiger partial charge in [-0.2, -0.15) is 0 Å². The molecule has 1 aromatic rings. The van der Waals surface area contributed by atoms with Gasteiger partial charge in [0.25, 0.3) is 0 Å². The van der Waals surface area contributed by atoms with Gasteiger partial charge in [-0.05, 0) is 67.1 Å². The summed E-state index contributed by atoms with van der Waals surface area (Å²) in [4.78, 5) is 39.6. The Balaban J connectivity index is 2.00. The number of nitrogens with zero attached hydrogens (tertiary/aromatic N) is 1. The minimum absolute atomic E-state index is 0.0197. The molecule has 1 aromatic carbocycles. The zero-order valence-electron chi connectivity index (χ0n) is 16.9. The maximum absolute atomic E-state index is 13.6. The van der Waals surface area contributed by atoms with Crippen molar-refractivity contribution in [1.82, 2.24) is 4.90 Å². The maximum Gasteiger partial charge on any atom is 0.342 e. The number of aliphatic carboxylic acids is 1. The molecular formula is C21H19BrINO8. The highest BCUT2D eigenvalue weighted by Gasteiger charge is 2.64. The standard InChI is InChI=1S/C21H19BrINO8/c1-24(2)14-8-4-6-3-7-9(22)5-10(23)15(25)12(7)16(26)11(6)18(28)21(8,32)19(29)13(17(14)27)20(30)31/h5-6,8,14,25-26,29,32H,3-4H2,1-2H3,(H,30,31)/t6-,8-,14-,21-/m0/s1. The zero-order chi connectivity index (χ0) is 23.9. The number of aromatic hydroxyl groups is 1. The second-order valence-electron chi connectivity index (χ2n) is 8.44. The minimum Gasteiger partial charge on any atom is -0.508 e. The molecule has 4 atom stereocenters. The monoisotopic (exact) mass is 619 g/mol. The van der Waals surface area contributed by atoms with Crippen LogP contribution in [0.5, 0.6) is 5.75 Å². The number of halogens is 2. The van der Waals surface area contributed by atoms with Crippen LogP contribution in [-0.2, 0) is 20.8 Å². The van der Waals surface area contributed by atoms with Gasteiger partial charge in [-0.1, -0.05) is 15.9 Å². The smallest absolute Gasteiger partial charge is 0.342 e. The average Bonchev–Trinajstić information content (AvgIpc) is 2.68. The van der Waals surface area contributed by atoms with Gasteiger partial charge in [0.05, 0.1) is 15.2 Å². The Morgan fingerprint density at radius 3 is 2.44 bits per heavy atom. The summed E-state index contributed by atoms with van der Waals surface area (Å²) in [6.07, 6.45) is 0.245. The van der Waals surface area contributed by atoms with Gasteiger partial charge in [0.1, 0.15) is 17.1 Å². The fourth-order valence-electron chi connectivity index (χ4n) is 5.20. The van der Waals surface area contributed by atoms with Crippen molar-refractivity contribution in [1.29, 1.82) is 0 Å². The number of carbonyl (C=O) groups is 3. The summed E-state index contributed by atoms with van der Waals surface area (Å²) in [5, 5.41) is 53.2. The Bertz CT molecular complexity index is 1170. The molecule has 9 nitrogen and oxygen atoms in total. The molecule has 0 amide bonds. The number of phenolic OH excluding ortho intramolecular Hbond substituents is 1. The molecule has 0 heterocycles. The first-order valence-corrected chi connectivity index (χ1v) is 11.5. The summed E-state index contributed by atoms with van der Waals surface area (Å²) in [5.74, 6) is -7.48. The van der Waals surface area contributed by atoms with Gasteiger partial charge in [0.2, 0.25) is 5.78 Å². The van der Waals surface area contributed by atoms with E-state index in [1.165, 1.54) is 19.0 Å². The average molecular weight is 620 g/mol. The number of aliphatic hydroxyl groups excluding tert-OH is 2. The number of hydrogen-bond acceptors (Lipinski definition) is 8. The molecule has 0 saturated heterocycles.